The fourth-order valence-electron chi connectivity index (χ4n) is 5.15. The number of likely N-dealkylation sites (tertiary alicyclic amines) is 1. The number of hydrogen-bond donors (Lipinski definition) is 1. The first-order valence-corrected chi connectivity index (χ1v) is 13.0. The Labute approximate surface area is 218 Å². The van der Waals surface area contributed by atoms with Crippen molar-refractivity contribution in [2.75, 3.05) is 24.5 Å². The zero-order valence-electron chi connectivity index (χ0n) is 21.4. The molecule has 0 spiro atoms. The first kappa shape index (κ1) is 24.8. The number of nitrogens with one attached hydrogen (secondary N) is 1. The molecular formula is C31H33N3O3. The lowest BCUT2D eigenvalue weighted by molar-refractivity contribution is -0.117. The van der Waals surface area contributed by atoms with Gasteiger partial charge in [0.15, 0.2) is 11.5 Å². The Bertz CT molecular complexity index is 1320. The summed E-state index contributed by atoms with van der Waals surface area (Å²) in [6.07, 6.45) is 4.05. The summed E-state index contributed by atoms with van der Waals surface area (Å²) >= 11 is 0. The third-order valence-electron chi connectivity index (χ3n) is 7.13. The van der Waals surface area contributed by atoms with Crippen molar-refractivity contribution in [2.45, 2.75) is 39.3 Å². The number of anilines is 1. The van der Waals surface area contributed by atoms with Gasteiger partial charge < -0.3 is 10.1 Å². The quantitative estimate of drug-likeness (QED) is 0.459. The first-order chi connectivity index (χ1) is 18.0. The predicted molar refractivity (Wildman–Crippen MR) is 146 cm³/mol. The number of hydrogen-bond acceptors (Lipinski definition) is 4. The maximum absolute atomic E-state index is 13.5. The van der Waals surface area contributed by atoms with Crippen LogP contribution in [0, 0.1) is 6.92 Å². The lowest BCUT2D eigenvalue weighted by Gasteiger charge is -2.30. The average Bonchev–Trinajstić information content (AvgIpc) is 3.38. The van der Waals surface area contributed by atoms with E-state index in [0.717, 1.165) is 41.9 Å². The van der Waals surface area contributed by atoms with Crippen LogP contribution in [0.4, 0.5) is 5.69 Å². The van der Waals surface area contributed by atoms with E-state index in [9.17, 15) is 9.59 Å². The molecule has 1 unspecified atom stereocenters. The molecule has 0 bridgehead atoms. The molecule has 1 atom stereocenters. The zero-order valence-corrected chi connectivity index (χ0v) is 21.4. The fraction of sp³-hybridized carbons (Fsp3) is 0.290. The van der Waals surface area contributed by atoms with Gasteiger partial charge in [0.1, 0.15) is 0 Å². The van der Waals surface area contributed by atoms with E-state index in [1.807, 2.05) is 61.5 Å². The van der Waals surface area contributed by atoms with Crippen LogP contribution in [-0.4, -0.2) is 42.4 Å². The second-order valence-corrected chi connectivity index (χ2v) is 9.72. The highest BCUT2D eigenvalue weighted by molar-refractivity contribution is 6.09. The molecule has 2 aliphatic heterocycles. The van der Waals surface area contributed by atoms with Crippen molar-refractivity contribution in [2.24, 2.45) is 0 Å². The number of para-hydroxylation sites is 2. The van der Waals surface area contributed by atoms with Gasteiger partial charge in [-0.25, -0.2) is 0 Å². The van der Waals surface area contributed by atoms with Gasteiger partial charge in [-0.05, 0) is 74.3 Å². The van der Waals surface area contributed by atoms with Crippen LogP contribution in [0.3, 0.4) is 0 Å². The van der Waals surface area contributed by atoms with E-state index >= 15 is 0 Å². The minimum Gasteiger partial charge on any atom is -0.449 e. The topological polar surface area (TPSA) is 61.9 Å². The number of aryl methyl sites for hydroxylation is 1. The van der Waals surface area contributed by atoms with Gasteiger partial charge >= 0.3 is 0 Å². The average molecular weight is 496 g/mol. The molecule has 6 heteroatoms. The van der Waals surface area contributed by atoms with E-state index in [2.05, 4.69) is 23.2 Å². The van der Waals surface area contributed by atoms with Crippen LogP contribution in [0.15, 0.2) is 78.6 Å². The molecule has 2 heterocycles. The summed E-state index contributed by atoms with van der Waals surface area (Å²) in [5.41, 5.74) is 4.35. The second-order valence-electron chi connectivity index (χ2n) is 9.72. The Kier molecular flexibility index (Phi) is 7.37. The van der Waals surface area contributed by atoms with Crippen LogP contribution in [-0.2, 0) is 11.3 Å². The van der Waals surface area contributed by atoms with E-state index < -0.39 is 0 Å². The number of carbonyl (C=O) groups is 2. The highest BCUT2D eigenvalue weighted by Gasteiger charge is 2.30. The van der Waals surface area contributed by atoms with E-state index in [4.69, 9.17) is 4.74 Å². The maximum Gasteiger partial charge on any atom is 0.294 e. The van der Waals surface area contributed by atoms with E-state index in [1.165, 1.54) is 6.42 Å². The number of rotatable bonds is 7. The van der Waals surface area contributed by atoms with Crippen LogP contribution >= 0.6 is 0 Å². The van der Waals surface area contributed by atoms with Crippen molar-refractivity contribution in [3.63, 3.8) is 0 Å². The molecule has 5 rings (SSSR count). The Morgan fingerprint density at radius 1 is 1.08 bits per heavy atom. The highest BCUT2D eigenvalue weighted by Crippen LogP contribution is 2.36. The first-order valence-electron chi connectivity index (χ1n) is 13.0. The largest absolute Gasteiger partial charge is 0.449 e. The molecule has 0 aromatic heterocycles. The Morgan fingerprint density at radius 3 is 2.68 bits per heavy atom. The van der Waals surface area contributed by atoms with Crippen LogP contribution in [0.1, 0.15) is 46.8 Å². The summed E-state index contributed by atoms with van der Waals surface area (Å²) in [7, 11) is 0. The molecule has 3 aromatic carbocycles. The number of carbonyl (C=O) groups excluding carboxylic acids is 2. The smallest absolute Gasteiger partial charge is 0.294 e. The molecule has 3 aromatic rings. The van der Waals surface area contributed by atoms with Gasteiger partial charge in [0.05, 0.1) is 12.2 Å². The van der Waals surface area contributed by atoms with Gasteiger partial charge in [0, 0.05) is 18.2 Å². The third-order valence-corrected chi connectivity index (χ3v) is 7.13. The SMILES string of the molecule is CCN1CCCC1CNC(=O)c1ccc(C=C2Oc3ccccc3N(Cc3cccc(C)c3)C2=O)cc1. The molecular weight excluding hydrogens is 462 g/mol. The molecule has 6 nitrogen and oxygen atoms in total. The van der Waals surface area contributed by atoms with Crippen LogP contribution in [0.5, 0.6) is 5.75 Å². The third kappa shape index (κ3) is 5.59. The van der Waals surface area contributed by atoms with Crippen molar-refractivity contribution in [1.29, 1.82) is 0 Å². The summed E-state index contributed by atoms with van der Waals surface area (Å²) in [5, 5.41) is 3.08. The summed E-state index contributed by atoms with van der Waals surface area (Å²) in [6, 6.07) is 23.4. The molecule has 0 saturated carbocycles. The van der Waals surface area contributed by atoms with E-state index in [0.29, 0.717) is 30.4 Å². The van der Waals surface area contributed by atoms with Gasteiger partial charge in [-0.15, -0.1) is 0 Å². The number of fused-ring (bicyclic) bond motifs is 1. The molecule has 1 fully saturated rings. The molecule has 0 radical (unpaired) electrons. The summed E-state index contributed by atoms with van der Waals surface area (Å²) in [6.45, 7) is 7.44. The summed E-state index contributed by atoms with van der Waals surface area (Å²) in [5.74, 6) is 0.624. The maximum atomic E-state index is 13.5. The fourth-order valence-corrected chi connectivity index (χ4v) is 5.15. The van der Waals surface area contributed by atoms with Crippen molar-refractivity contribution in [3.05, 3.63) is 101 Å². The van der Waals surface area contributed by atoms with E-state index in [1.54, 1.807) is 23.1 Å². The lowest BCUT2D eigenvalue weighted by Crippen LogP contribution is -2.40. The monoisotopic (exact) mass is 495 g/mol. The van der Waals surface area contributed by atoms with E-state index in [-0.39, 0.29) is 17.6 Å². The summed E-state index contributed by atoms with van der Waals surface area (Å²) < 4.78 is 6.02. The predicted octanol–water partition coefficient (Wildman–Crippen LogP) is 5.18. The molecule has 1 N–H and O–H groups in total. The second kappa shape index (κ2) is 11.0. The van der Waals surface area contributed by atoms with Gasteiger partial charge in [-0.3, -0.25) is 19.4 Å². The van der Waals surface area contributed by atoms with Crippen LogP contribution < -0.4 is 15.0 Å². The van der Waals surface area contributed by atoms with Gasteiger partial charge in [0.2, 0.25) is 0 Å². The summed E-state index contributed by atoms with van der Waals surface area (Å²) in [4.78, 5) is 30.3. The van der Waals surface area contributed by atoms with Crippen molar-refractivity contribution >= 4 is 23.6 Å². The molecule has 2 aliphatic rings. The standard InChI is InChI=1S/C31H33N3O3/c1-3-33-17-7-10-26(33)20-32-30(35)25-15-13-23(14-16-25)19-29-31(36)34(21-24-9-6-8-22(2)18-24)27-11-4-5-12-28(27)37-29/h4-6,8-9,11-16,18-19,26H,3,7,10,17,20-21H2,1-2H3,(H,32,35). The molecule has 37 heavy (non-hydrogen) atoms. The van der Waals surface area contributed by atoms with Gasteiger partial charge in [-0.1, -0.05) is 61.0 Å². The minimum absolute atomic E-state index is 0.0783. The van der Waals surface area contributed by atoms with Crippen LogP contribution in [0.25, 0.3) is 6.08 Å². The van der Waals surface area contributed by atoms with Crippen molar-refractivity contribution < 1.29 is 14.3 Å². The molecule has 0 aliphatic carbocycles. The number of benzene rings is 3. The number of ether oxygens (including phenoxy) is 1. The van der Waals surface area contributed by atoms with Crippen LogP contribution in [0.2, 0.25) is 0 Å². The van der Waals surface area contributed by atoms with Crippen molar-refractivity contribution in [1.82, 2.24) is 10.2 Å². The number of nitrogens with zero attached hydrogens (tertiary/aromatic N) is 2. The molecule has 2 amide bonds. The zero-order chi connectivity index (χ0) is 25.8. The molecule has 1 saturated heterocycles. The minimum atomic E-state index is -0.195. The normalized spacial score (nSPS) is 18.5. The van der Waals surface area contributed by atoms with Crippen molar-refractivity contribution in [3.8, 4) is 5.75 Å². The van der Waals surface area contributed by atoms with Gasteiger partial charge in [-0.2, -0.15) is 0 Å². The Hall–Kier alpha value is -3.90. The van der Waals surface area contributed by atoms with Gasteiger partial charge in [0.25, 0.3) is 11.8 Å². The highest BCUT2D eigenvalue weighted by atomic mass is 16.5. The lowest BCUT2D eigenvalue weighted by atomic mass is 10.1. The Morgan fingerprint density at radius 2 is 1.89 bits per heavy atom. The number of amides is 2. The molecule has 190 valence electrons. The number of likely N-dealkylation sites (N-methyl/N-ethyl adjacent to an activating group) is 1. The Balaban J connectivity index is 1.31.